The van der Waals surface area contributed by atoms with Crippen LogP contribution < -0.4 is 0 Å². The van der Waals surface area contributed by atoms with E-state index >= 15 is 0 Å². The van der Waals surface area contributed by atoms with Gasteiger partial charge in [0.1, 0.15) is 0 Å². The van der Waals surface area contributed by atoms with Crippen LogP contribution in [0.2, 0.25) is 0 Å². The molecule has 0 amide bonds. The van der Waals surface area contributed by atoms with E-state index in [1.165, 1.54) is 25.7 Å². The van der Waals surface area contributed by atoms with E-state index in [1.807, 2.05) is 0 Å². The SMILES string of the molecule is COCC1CCCCC(CO)C1. The number of hydrogen-bond acceptors (Lipinski definition) is 2. The summed E-state index contributed by atoms with van der Waals surface area (Å²) in [5.74, 6) is 1.22. The molecule has 1 rings (SSSR count). The first-order valence-electron chi connectivity index (χ1n) is 4.96. The van der Waals surface area contributed by atoms with E-state index in [4.69, 9.17) is 9.84 Å². The second-order valence-corrected chi connectivity index (χ2v) is 3.89. The summed E-state index contributed by atoms with van der Waals surface area (Å²) in [5, 5.41) is 9.06. The second-order valence-electron chi connectivity index (χ2n) is 3.89. The summed E-state index contributed by atoms with van der Waals surface area (Å²) in [6, 6.07) is 0. The van der Waals surface area contributed by atoms with Gasteiger partial charge in [0, 0.05) is 20.3 Å². The van der Waals surface area contributed by atoms with Gasteiger partial charge in [-0.05, 0) is 31.1 Å². The number of rotatable bonds is 3. The highest BCUT2D eigenvalue weighted by Gasteiger charge is 2.19. The lowest BCUT2D eigenvalue weighted by molar-refractivity contribution is 0.124. The summed E-state index contributed by atoms with van der Waals surface area (Å²) in [5.41, 5.74) is 0. The maximum Gasteiger partial charge on any atom is 0.0490 e. The zero-order valence-corrected chi connectivity index (χ0v) is 7.96. The summed E-state index contributed by atoms with van der Waals surface area (Å²) >= 11 is 0. The van der Waals surface area contributed by atoms with Gasteiger partial charge in [0.05, 0.1) is 0 Å². The molecule has 0 aliphatic heterocycles. The van der Waals surface area contributed by atoms with Gasteiger partial charge in [-0.3, -0.25) is 0 Å². The zero-order chi connectivity index (χ0) is 8.81. The van der Waals surface area contributed by atoms with Crippen molar-refractivity contribution in [3.05, 3.63) is 0 Å². The van der Waals surface area contributed by atoms with E-state index in [1.54, 1.807) is 7.11 Å². The fraction of sp³-hybridized carbons (Fsp3) is 1.00. The molecule has 2 nitrogen and oxygen atoms in total. The van der Waals surface area contributed by atoms with Crippen molar-refractivity contribution >= 4 is 0 Å². The van der Waals surface area contributed by atoms with Crippen LogP contribution in [-0.4, -0.2) is 25.4 Å². The quantitative estimate of drug-likeness (QED) is 0.658. The Balaban J connectivity index is 2.31. The van der Waals surface area contributed by atoms with Crippen LogP contribution in [0.25, 0.3) is 0 Å². The third-order valence-corrected chi connectivity index (χ3v) is 2.80. The van der Waals surface area contributed by atoms with Crippen molar-refractivity contribution in [2.75, 3.05) is 20.3 Å². The molecular formula is C10H20O2. The molecule has 0 saturated heterocycles. The Morgan fingerprint density at radius 2 is 1.92 bits per heavy atom. The molecule has 1 N–H and O–H groups in total. The molecule has 0 aromatic heterocycles. The highest BCUT2D eigenvalue weighted by atomic mass is 16.5. The van der Waals surface area contributed by atoms with E-state index < -0.39 is 0 Å². The molecule has 0 bridgehead atoms. The first-order chi connectivity index (χ1) is 5.86. The average molecular weight is 172 g/mol. The van der Waals surface area contributed by atoms with E-state index in [0.29, 0.717) is 18.4 Å². The number of methoxy groups -OCH3 is 1. The van der Waals surface area contributed by atoms with Gasteiger partial charge in [0.25, 0.3) is 0 Å². The molecule has 2 atom stereocenters. The highest BCUT2D eigenvalue weighted by molar-refractivity contribution is 4.70. The molecule has 0 aromatic carbocycles. The Morgan fingerprint density at radius 1 is 1.25 bits per heavy atom. The summed E-state index contributed by atoms with van der Waals surface area (Å²) in [7, 11) is 1.76. The van der Waals surface area contributed by atoms with Crippen molar-refractivity contribution in [1.29, 1.82) is 0 Å². The molecule has 1 fully saturated rings. The molecular weight excluding hydrogens is 152 g/mol. The fourth-order valence-electron chi connectivity index (χ4n) is 2.13. The van der Waals surface area contributed by atoms with Crippen LogP contribution >= 0.6 is 0 Å². The van der Waals surface area contributed by atoms with Crippen molar-refractivity contribution in [2.45, 2.75) is 32.1 Å². The predicted molar refractivity (Wildman–Crippen MR) is 49.0 cm³/mol. The maximum atomic E-state index is 9.06. The summed E-state index contributed by atoms with van der Waals surface area (Å²) < 4.78 is 5.15. The second kappa shape index (κ2) is 5.55. The van der Waals surface area contributed by atoms with Gasteiger partial charge in [0.15, 0.2) is 0 Å². The molecule has 0 aromatic rings. The van der Waals surface area contributed by atoms with Crippen LogP contribution in [0.3, 0.4) is 0 Å². The monoisotopic (exact) mass is 172 g/mol. The van der Waals surface area contributed by atoms with Crippen molar-refractivity contribution in [3.8, 4) is 0 Å². The van der Waals surface area contributed by atoms with Crippen molar-refractivity contribution < 1.29 is 9.84 Å². The normalized spacial score (nSPS) is 31.5. The molecule has 1 saturated carbocycles. The van der Waals surface area contributed by atoms with Gasteiger partial charge in [-0.15, -0.1) is 0 Å². The smallest absolute Gasteiger partial charge is 0.0490 e. The standard InChI is InChI=1S/C10H20O2/c1-12-8-10-5-3-2-4-9(6-10)7-11/h9-11H,2-8H2,1H3. The van der Waals surface area contributed by atoms with Crippen molar-refractivity contribution in [3.63, 3.8) is 0 Å². The molecule has 1 aliphatic carbocycles. The maximum absolute atomic E-state index is 9.06. The van der Waals surface area contributed by atoms with E-state index in [2.05, 4.69) is 0 Å². The van der Waals surface area contributed by atoms with Gasteiger partial charge in [-0.1, -0.05) is 12.8 Å². The van der Waals surface area contributed by atoms with E-state index in [0.717, 1.165) is 13.0 Å². The number of ether oxygens (including phenoxy) is 1. The number of aliphatic hydroxyl groups is 1. The summed E-state index contributed by atoms with van der Waals surface area (Å²) in [6.45, 7) is 1.23. The fourth-order valence-corrected chi connectivity index (χ4v) is 2.13. The molecule has 0 spiro atoms. The summed E-state index contributed by atoms with van der Waals surface area (Å²) in [4.78, 5) is 0. The third-order valence-electron chi connectivity index (χ3n) is 2.80. The van der Waals surface area contributed by atoms with Crippen LogP contribution in [0.15, 0.2) is 0 Å². The Hall–Kier alpha value is -0.0800. The van der Waals surface area contributed by atoms with Crippen LogP contribution in [0, 0.1) is 11.8 Å². The Morgan fingerprint density at radius 3 is 2.50 bits per heavy atom. The molecule has 12 heavy (non-hydrogen) atoms. The van der Waals surface area contributed by atoms with Gasteiger partial charge in [-0.2, -0.15) is 0 Å². The molecule has 0 radical (unpaired) electrons. The van der Waals surface area contributed by atoms with E-state index in [9.17, 15) is 0 Å². The minimum Gasteiger partial charge on any atom is -0.396 e. The minimum absolute atomic E-state index is 0.361. The van der Waals surface area contributed by atoms with Crippen LogP contribution in [0.4, 0.5) is 0 Å². The Kier molecular flexibility index (Phi) is 4.62. The van der Waals surface area contributed by atoms with Gasteiger partial charge >= 0.3 is 0 Å². The largest absolute Gasteiger partial charge is 0.396 e. The predicted octanol–water partition coefficient (Wildman–Crippen LogP) is 1.82. The molecule has 2 unspecified atom stereocenters. The lowest BCUT2D eigenvalue weighted by Crippen LogP contribution is -2.13. The van der Waals surface area contributed by atoms with Gasteiger partial charge in [0.2, 0.25) is 0 Å². The molecule has 0 heterocycles. The molecule has 72 valence electrons. The van der Waals surface area contributed by atoms with Crippen molar-refractivity contribution in [1.82, 2.24) is 0 Å². The van der Waals surface area contributed by atoms with Crippen LogP contribution in [-0.2, 0) is 4.74 Å². The van der Waals surface area contributed by atoms with Crippen LogP contribution in [0.5, 0.6) is 0 Å². The first kappa shape index (κ1) is 10.0. The van der Waals surface area contributed by atoms with Gasteiger partial charge in [-0.25, -0.2) is 0 Å². The molecule has 1 aliphatic rings. The highest BCUT2D eigenvalue weighted by Crippen LogP contribution is 2.27. The van der Waals surface area contributed by atoms with Crippen molar-refractivity contribution in [2.24, 2.45) is 11.8 Å². The third kappa shape index (κ3) is 3.11. The number of aliphatic hydroxyl groups excluding tert-OH is 1. The van der Waals surface area contributed by atoms with E-state index in [-0.39, 0.29) is 0 Å². The topological polar surface area (TPSA) is 29.5 Å². The average Bonchev–Trinajstić information content (AvgIpc) is 2.30. The minimum atomic E-state index is 0.361. The Bertz CT molecular complexity index is 114. The van der Waals surface area contributed by atoms with Gasteiger partial charge < -0.3 is 9.84 Å². The molecule has 2 heteroatoms. The Labute approximate surface area is 74.9 Å². The summed E-state index contributed by atoms with van der Waals surface area (Å²) in [6.07, 6.45) is 6.24. The van der Waals surface area contributed by atoms with Crippen LogP contribution in [0.1, 0.15) is 32.1 Å². The lowest BCUT2D eigenvalue weighted by Gasteiger charge is -2.16. The lowest BCUT2D eigenvalue weighted by atomic mass is 9.94. The zero-order valence-electron chi connectivity index (χ0n) is 7.96. The first-order valence-corrected chi connectivity index (χ1v) is 4.96. The number of hydrogen-bond donors (Lipinski definition) is 1.